The average Bonchev–Trinajstić information content (AvgIpc) is 2.45. The van der Waals surface area contributed by atoms with Crippen LogP contribution in [0.3, 0.4) is 0 Å². The zero-order valence-electron chi connectivity index (χ0n) is 13.1. The minimum atomic E-state index is -0.366. The molecule has 1 aliphatic heterocycles. The van der Waals surface area contributed by atoms with Crippen molar-refractivity contribution in [2.45, 2.75) is 32.9 Å². The summed E-state index contributed by atoms with van der Waals surface area (Å²) in [6.45, 7) is 5.46. The molecule has 1 aromatic carbocycles. The summed E-state index contributed by atoms with van der Waals surface area (Å²) in [7, 11) is 1.61. The molecular formula is C16H20N2O3S. The Kier molecular flexibility index (Phi) is 5.03. The van der Waals surface area contributed by atoms with E-state index in [4.69, 9.17) is 21.7 Å². The molecule has 1 heterocycles. The molecule has 0 radical (unpaired) electrons. The number of hydrogen-bond donors (Lipinski definition) is 2. The lowest BCUT2D eigenvalue weighted by Gasteiger charge is -2.30. The Morgan fingerprint density at radius 3 is 2.73 bits per heavy atom. The van der Waals surface area contributed by atoms with E-state index >= 15 is 0 Å². The maximum atomic E-state index is 12.4. The van der Waals surface area contributed by atoms with Crippen LogP contribution in [0.1, 0.15) is 32.4 Å². The summed E-state index contributed by atoms with van der Waals surface area (Å²) in [5, 5.41) is 6.58. The van der Waals surface area contributed by atoms with Gasteiger partial charge >= 0.3 is 5.97 Å². The van der Waals surface area contributed by atoms with Crippen LogP contribution >= 0.6 is 12.2 Å². The second-order valence-corrected chi connectivity index (χ2v) is 5.71. The molecule has 1 aliphatic rings. The van der Waals surface area contributed by atoms with Crippen LogP contribution in [0, 0.1) is 0 Å². The van der Waals surface area contributed by atoms with Crippen molar-refractivity contribution in [3.05, 3.63) is 41.1 Å². The lowest BCUT2D eigenvalue weighted by Crippen LogP contribution is -2.45. The van der Waals surface area contributed by atoms with Gasteiger partial charge in [-0.05, 0) is 50.7 Å². The van der Waals surface area contributed by atoms with Gasteiger partial charge in [0.2, 0.25) is 0 Å². The number of ether oxygens (including phenoxy) is 2. The molecule has 5 nitrogen and oxygen atoms in total. The first-order valence-corrected chi connectivity index (χ1v) is 7.46. The first-order chi connectivity index (χ1) is 10.4. The highest BCUT2D eigenvalue weighted by atomic mass is 32.1. The second-order valence-electron chi connectivity index (χ2n) is 5.30. The largest absolute Gasteiger partial charge is 0.497 e. The number of allylic oxidation sites excluding steroid dienone is 1. The van der Waals surface area contributed by atoms with Crippen LogP contribution in [-0.2, 0) is 9.53 Å². The van der Waals surface area contributed by atoms with E-state index in [0.717, 1.165) is 11.3 Å². The minimum Gasteiger partial charge on any atom is -0.497 e. The van der Waals surface area contributed by atoms with Crippen LogP contribution in [0.5, 0.6) is 5.75 Å². The SMILES string of the molecule is COc1cccc([C@@H]2NC(=S)NC(C)=C2C(=O)OC(C)C)c1. The number of esters is 1. The van der Waals surface area contributed by atoms with Gasteiger partial charge < -0.3 is 20.1 Å². The highest BCUT2D eigenvalue weighted by Crippen LogP contribution is 2.29. The molecule has 0 aliphatic carbocycles. The van der Waals surface area contributed by atoms with Gasteiger partial charge in [0.1, 0.15) is 5.75 Å². The molecule has 0 amide bonds. The second kappa shape index (κ2) is 6.79. The summed E-state index contributed by atoms with van der Waals surface area (Å²) >= 11 is 5.21. The van der Waals surface area contributed by atoms with Gasteiger partial charge in [0, 0.05) is 5.70 Å². The molecule has 0 saturated carbocycles. The van der Waals surface area contributed by atoms with Gasteiger partial charge in [0.15, 0.2) is 5.11 Å². The van der Waals surface area contributed by atoms with Crippen LogP contribution in [-0.4, -0.2) is 24.3 Å². The maximum Gasteiger partial charge on any atom is 0.338 e. The van der Waals surface area contributed by atoms with Crippen molar-refractivity contribution in [1.82, 2.24) is 10.6 Å². The van der Waals surface area contributed by atoms with Crippen molar-refractivity contribution in [2.24, 2.45) is 0 Å². The van der Waals surface area contributed by atoms with Gasteiger partial charge in [-0.15, -0.1) is 0 Å². The third-order valence-corrected chi connectivity index (χ3v) is 3.48. The third kappa shape index (κ3) is 3.57. The Bertz CT molecular complexity index is 626. The first-order valence-electron chi connectivity index (χ1n) is 7.05. The Morgan fingerprint density at radius 2 is 2.09 bits per heavy atom. The number of carbonyl (C=O) groups is 1. The van der Waals surface area contributed by atoms with E-state index in [0.29, 0.717) is 16.4 Å². The normalized spacial score (nSPS) is 17.9. The summed E-state index contributed by atoms with van der Waals surface area (Å²) in [6, 6.07) is 7.16. The van der Waals surface area contributed by atoms with E-state index in [2.05, 4.69) is 10.6 Å². The van der Waals surface area contributed by atoms with Crippen molar-refractivity contribution in [2.75, 3.05) is 7.11 Å². The van der Waals surface area contributed by atoms with Gasteiger partial charge in [0.05, 0.1) is 24.8 Å². The van der Waals surface area contributed by atoms with Crippen LogP contribution in [0.25, 0.3) is 0 Å². The van der Waals surface area contributed by atoms with E-state index in [1.54, 1.807) is 7.11 Å². The Labute approximate surface area is 135 Å². The van der Waals surface area contributed by atoms with Gasteiger partial charge in [-0.1, -0.05) is 12.1 Å². The zero-order chi connectivity index (χ0) is 16.3. The van der Waals surface area contributed by atoms with E-state index in [9.17, 15) is 4.79 Å². The predicted molar refractivity (Wildman–Crippen MR) is 88.5 cm³/mol. The topological polar surface area (TPSA) is 59.6 Å². The van der Waals surface area contributed by atoms with Gasteiger partial charge in [0.25, 0.3) is 0 Å². The number of methoxy groups -OCH3 is 1. The molecule has 2 N–H and O–H groups in total. The molecule has 0 bridgehead atoms. The molecule has 0 saturated heterocycles. The molecule has 2 rings (SSSR count). The fraction of sp³-hybridized carbons (Fsp3) is 0.375. The predicted octanol–water partition coefficient (Wildman–Crippen LogP) is 2.44. The monoisotopic (exact) mass is 320 g/mol. The lowest BCUT2D eigenvalue weighted by molar-refractivity contribution is -0.143. The van der Waals surface area contributed by atoms with Crippen molar-refractivity contribution in [3.63, 3.8) is 0 Å². The van der Waals surface area contributed by atoms with Crippen LogP contribution < -0.4 is 15.4 Å². The standard InChI is InChI=1S/C16H20N2O3S/c1-9(2)21-15(19)13-10(3)17-16(22)18-14(13)11-6-5-7-12(8-11)20-4/h5-9,14H,1-4H3,(H2,17,18,22)/t14-/m0/s1. The number of rotatable bonds is 4. The molecule has 22 heavy (non-hydrogen) atoms. The molecule has 0 aromatic heterocycles. The number of carbonyl (C=O) groups excluding carboxylic acids is 1. The Balaban J connectivity index is 2.43. The van der Waals surface area contributed by atoms with Crippen molar-refractivity contribution < 1.29 is 14.3 Å². The molecule has 0 unspecified atom stereocenters. The van der Waals surface area contributed by atoms with Gasteiger partial charge in [-0.2, -0.15) is 0 Å². The molecule has 1 atom stereocenters. The first kappa shape index (κ1) is 16.3. The summed E-state index contributed by atoms with van der Waals surface area (Å²) < 4.78 is 10.6. The lowest BCUT2D eigenvalue weighted by atomic mass is 9.95. The number of thiocarbonyl (C=S) groups is 1. The highest BCUT2D eigenvalue weighted by molar-refractivity contribution is 7.80. The zero-order valence-corrected chi connectivity index (χ0v) is 13.9. The molecule has 118 valence electrons. The number of hydrogen-bond acceptors (Lipinski definition) is 4. The van der Waals surface area contributed by atoms with Crippen molar-refractivity contribution >= 4 is 23.3 Å². The molecule has 1 aromatic rings. The third-order valence-electron chi connectivity index (χ3n) is 3.26. The molecular weight excluding hydrogens is 300 g/mol. The van der Waals surface area contributed by atoms with E-state index in [1.165, 1.54) is 0 Å². The fourth-order valence-corrected chi connectivity index (χ4v) is 2.58. The van der Waals surface area contributed by atoms with Gasteiger partial charge in [-0.25, -0.2) is 4.79 Å². The Hall–Kier alpha value is -2.08. The van der Waals surface area contributed by atoms with Crippen molar-refractivity contribution in [3.8, 4) is 5.75 Å². The fourth-order valence-electron chi connectivity index (χ4n) is 2.31. The van der Waals surface area contributed by atoms with E-state index < -0.39 is 0 Å². The minimum absolute atomic E-state index is 0.187. The van der Waals surface area contributed by atoms with Crippen LogP contribution in [0.4, 0.5) is 0 Å². The molecule has 0 spiro atoms. The van der Waals surface area contributed by atoms with Crippen LogP contribution in [0.2, 0.25) is 0 Å². The quantitative estimate of drug-likeness (QED) is 0.656. The molecule has 0 fully saturated rings. The van der Waals surface area contributed by atoms with E-state index in [-0.39, 0.29) is 18.1 Å². The van der Waals surface area contributed by atoms with E-state index in [1.807, 2.05) is 45.0 Å². The summed E-state index contributed by atoms with van der Waals surface area (Å²) in [6.07, 6.45) is -0.187. The maximum absolute atomic E-state index is 12.4. The smallest absolute Gasteiger partial charge is 0.338 e. The summed E-state index contributed by atoms with van der Waals surface area (Å²) in [4.78, 5) is 12.4. The summed E-state index contributed by atoms with van der Waals surface area (Å²) in [5.74, 6) is 0.362. The summed E-state index contributed by atoms with van der Waals surface area (Å²) in [5.41, 5.74) is 2.11. The van der Waals surface area contributed by atoms with Crippen molar-refractivity contribution in [1.29, 1.82) is 0 Å². The number of benzene rings is 1. The molecule has 6 heteroatoms. The highest BCUT2D eigenvalue weighted by Gasteiger charge is 2.31. The van der Waals surface area contributed by atoms with Crippen LogP contribution in [0.15, 0.2) is 35.5 Å². The Morgan fingerprint density at radius 1 is 1.36 bits per heavy atom. The number of nitrogens with one attached hydrogen (secondary N) is 2. The average molecular weight is 320 g/mol. The van der Waals surface area contributed by atoms with Gasteiger partial charge in [-0.3, -0.25) is 0 Å².